The molecule has 0 heterocycles. The second kappa shape index (κ2) is 6.79. The van der Waals surface area contributed by atoms with Crippen molar-refractivity contribution in [3.8, 4) is 11.8 Å². The minimum Gasteiger partial charge on any atom is -0.423 e. The summed E-state index contributed by atoms with van der Waals surface area (Å²) in [5, 5.41) is 8.54. The van der Waals surface area contributed by atoms with Crippen LogP contribution >= 0.6 is 0 Å². The second-order valence-electron chi connectivity index (χ2n) is 4.65. The number of rotatable bonds is 3. The molecule has 2 aromatic carbocycles. The molecule has 0 N–H and O–H groups in total. The largest absolute Gasteiger partial charge is 0.423 e. The first kappa shape index (κ1) is 16.3. The minimum absolute atomic E-state index is 0.171. The average Bonchev–Trinajstić information content (AvgIpc) is 2.46. The molecule has 0 aliphatic carbocycles. The van der Waals surface area contributed by atoms with Crippen LogP contribution in [-0.4, -0.2) is 5.97 Å². The van der Waals surface area contributed by atoms with E-state index in [2.05, 4.69) is 0 Å². The van der Waals surface area contributed by atoms with Crippen LogP contribution in [0.4, 0.5) is 13.2 Å². The van der Waals surface area contributed by atoms with E-state index >= 15 is 0 Å². The number of hydrogen-bond acceptors (Lipinski definition) is 3. The fraction of sp³-hybridized carbons (Fsp3) is 0.0588. The fourth-order valence-electron chi connectivity index (χ4n) is 1.79. The van der Waals surface area contributed by atoms with Gasteiger partial charge in [0.1, 0.15) is 34.8 Å². The molecule has 3 nitrogen and oxygen atoms in total. The van der Waals surface area contributed by atoms with E-state index in [0.29, 0.717) is 0 Å². The topological polar surface area (TPSA) is 50.1 Å². The van der Waals surface area contributed by atoms with E-state index in [1.165, 1.54) is 24.3 Å². The van der Waals surface area contributed by atoms with E-state index < -0.39 is 34.7 Å². The number of ether oxygens (including phenoxy) is 1. The zero-order valence-corrected chi connectivity index (χ0v) is 11.9. The van der Waals surface area contributed by atoms with Gasteiger partial charge in [0.15, 0.2) is 0 Å². The van der Waals surface area contributed by atoms with Crippen LogP contribution < -0.4 is 4.74 Å². The van der Waals surface area contributed by atoms with Crippen molar-refractivity contribution in [2.75, 3.05) is 0 Å². The molecule has 0 unspecified atom stereocenters. The van der Waals surface area contributed by atoms with Gasteiger partial charge in [0.25, 0.3) is 0 Å². The Morgan fingerprint density at radius 3 is 2.35 bits per heavy atom. The highest BCUT2D eigenvalue weighted by Crippen LogP contribution is 2.20. The lowest BCUT2D eigenvalue weighted by Gasteiger charge is -2.03. The van der Waals surface area contributed by atoms with E-state index in [-0.39, 0.29) is 5.56 Å². The van der Waals surface area contributed by atoms with Crippen LogP contribution in [0.2, 0.25) is 0 Å². The highest BCUT2D eigenvalue weighted by Gasteiger charge is 2.12. The third-order valence-corrected chi connectivity index (χ3v) is 2.90. The summed E-state index contributed by atoms with van der Waals surface area (Å²) in [4.78, 5) is 11.6. The molecule has 0 amide bonds. The van der Waals surface area contributed by atoms with Gasteiger partial charge in [-0.15, -0.1) is 0 Å². The molecule has 23 heavy (non-hydrogen) atoms. The third kappa shape index (κ3) is 3.98. The maximum Gasteiger partial charge on any atom is 0.336 e. The van der Waals surface area contributed by atoms with Crippen LogP contribution in [0, 0.1) is 35.7 Å². The monoisotopic (exact) mass is 317 g/mol. The minimum atomic E-state index is -1.14. The third-order valence-electron chi connectivity index (χ3n) is 2.90. The van der Waals surface area contributed by atoms with Crippen molar-refractivity contribution < 1.29 is 22.7 Å². The number of halogens is 3. The summed E-state index contributed by atoms with van der Waals surface area (Å²) in [6, 6.07) is 7.25. The zero-order valence-electron chi connectivity index (χ0n) is 11.9. The van der Waals surface area contributed by atoms with E-state index in [0.717, 1.165) is 23.8 Å². The highest BCUT2D eigenvalue weighted by molar-refractivity contribution is 5.88. The summed E-state index contributed by atoms with van der Waals surface area (Å²) < 4.78 is 45.1. The summed E-state index contributed by atoms with van der Waals surface area (Å²) in [5.41, 5.74) is 0.137. The lowest BCUT2D eigenvalue weighted by atomic mass is 10.1. The molecule has 0 aromatic heterocycles. The van der Waals surface area contributed by atoms with Gasteiger partial charge in [-0.05, 0) is 24.6 Å². The first-order chi connectivity index (χ1) is 10.9. The molecule has 0 fully saturated rings. The second-order valence-corrected chi connectivity index (χ2v) is 4.65. The molecule has 0 saturated heterocycles. The summed E-state index contributed by atoms with van der Waals surface area (Å²) in [6.45, 7) is 1.72. The first-order valence-electron chi connectivity index (χ1n) is 6.46. The van der Waals surface area contributed by atoms with Gasteiger partial charge in [-0.1, -0.05) is 12.1 Å². The molecule has 0 atom stereocenters. The summed E-state index contributed by atoms with van der Waals surface area (Å²) in [6.07, 6.45) is 2.12. The van der Waals surface area contributed by atoms with Crippen molar-refractivity contribution in [1.29, 1.82) is 5.26 Å². The van der Waals surface area contributed by atoms with Gasteiger partial charge in [0.05, 0.1) is 0 Å². The summed E-state index contributed by atoms with van der Waals surface area (Å²) >= 11 is 0. The Balaban J connectivity index is 2.14. The molecular weight excluding hydrogens is 307 g/mol. The SMILES string of the molecule is Cc1ccc(C=CC(=O)Oc2cc(F)c(C#N)c(F)c2)c(F)c1. The van der Waals surface area contributed by atoms with Crippen LogP contribution in [-0.2, 0) is 4.79 Å². The van der Waals surface area contributed by atoms with Crippen LogP contribution in [0.1, 0.15) is 16.7 Å². The normalized spacial score (nSPS) is 10.6. The highest BCUT2D eigenvalue weighted by atomic mass is 19.1. The predicted molar refractivity (Wildman–Crippen MR) is 76.9 cm³/mol. The molecule has 0 aliphatic heterocycles. The molecule has 0 bridgehead atoms. The van der Waals surface area contributed by atoms with E-state index in [9.17, 15) is 18.0 Å². The Labute approximate surface area is 130 Å². The summed E-state index contributed by atoms with van der Waals surface area (Å²) in [5.74, 6) is -4.11. The average molecular weight is 317 g/mol. The lowest BCUT2D eigenvalue weighted by molar-refractivity contribution is -0.128. The Kier molecular flexibility index (Phi) is 4.82. The molecule has 6 heteroatoms. The number of carbonyl (C=O) groups is 1. The molecule has 116 valence electrons. The molecule has 2 aromatic rings. The maximum absolute atomic E-state index is 13.6. The standard InChI is InChI=1S/C17H10F3NO2/c1-10-2-3-11(14(18)6-10)4-5-17(22)23-12-7-15(19)13(9-21)16(20)8-12/h2-8H,1H3. The van der Waals surface area contributed by atoms with Crippen LogP contribution in [0.25, 0.3) is 6.08 Å². The number of nitrogens with zero attached hydrogens (tertiary/aromatic N) is 1. The number of esters is 1. The molecule has 0 saturated carbocycles. The lowest BCUT2D eigenvalue weighted by Crippen LogP contribution is -2.05. The molecule has 0 aliphatic rings. The number of nitriles is 1. The van der Waals surface area contributed by atoms with Crippen molar-refractivity contribution in [3.63, 3.8) is 0 Å². The molecule has 0 spiro atoms. The van der Waals surface area contributed by atoms with E-state index in [1.807, 2.05) is 0 Å². The Morgan fingerprint density at radius 1 is 1.13 bits per heavy atom. The Bertz CT molecular complexity index is 815. The van der Waals surface area contributed by atoms with Crippen LogP contribution in [0.3, 0.4) is 0 Å². The molecular formula is C17H10F3NO2. The first-order valence-corrected chi connectivity index (χ1v) is 6.46. The number of aryl methyl sites for hydroxylation is 1. The van der Waals surface area contributed by atoms with Crippen molar-refractivity contribution in [3.05, 3.63) is 70.5 Å². The van der Waals surface area contributed by atoms with Crippen LogP contribution in [0.5, 0.6) is 5.75 Å². The Morgan fingerprint density at radius 2 is 1.78 bits per heavy atom. The van der Waals surface area contributed by atoms with Crippen molar-refractivity contribution >= 4 is 12.0 Å². The van der Waals surface area contributed by atoms with Gasteiger partial charge in [-0.2, -0.15) is 5.26 Å². The van der Waals surface area contributed by atoms with E-state index in [1.54, 1.807) is 13.0 Å². The maximum atomic E-state index is 13.6. The quantitative estimate of drug-likeness (QED) is 0.490. The zero-order chi connectivity index (χ0) is 17.0. The molecule has 0 radical (unpaired) electrons. The van der Waals surface area contributed by atoms with Gasteiger partial charge >= 0.3 is 5.97 Å². The van der Waals surface area contributed by atoms with Gasteiger partial charge in [-0.3, -0.25) is 0 Å². The van der Waals surface area contributed by atoms with Crippen molar-refractivity contribution in [1.82, 2.24) is 0 Å². The smallest absolute Gasteiger partial charge is 0.336 e. The number of carbonyl (C=O) groups excluding carboxylic acids is 1. The fourth-order valence-corrected chi connectivity index (χ4v) is 1.79. The van der Waals surface area contributed by atoms with E-state index in [4.69, 9.17) is 10.00 Å². The molecule has 2 rings (SSSR count). The van der Waals surface area contributed by atoms with Gasteiger partial charge in [-0.25, -0.2) is 18.0 Å². The van der Waals surface area contributed by atoms with Crippen molar-refractivity contribution in [2.24, 2.45) is 0 Å². The number of hydrogen-bond donors (Lipinski definition) is 0. The van der Waals surface area contributed by atoms with Crippen molar-refractivity contribution in [2.45, 2.75) is 6.92 Å². The summed E-state index contributed by atoms with van der Waals surface area (Å²) in [7, 11) is 0. The predicted octanol–water partition coefficient (Wildman–Crippen LogP) is 3.90. The Hall–Kier alpha value is -3.07. The van der Waals surface area contributed by atoms with Gasteiger partial charge < -0.3 is 4.74 Å². The van der Waals surface area contributed by atoms with Gasteiger partial charge in [0.2, 0.25) is 0 Å². The number of benzene rings is 2. The van der Waals surface area contributed by atoms with Crippen LogP contribution in [0.15, 0.2) is 36.4 Å². The van der Waals surface area contributed by atoms with Gasteiger partial charge in [0, 0.05) is 23.8 Å².